The van der Waals surface area contributed by atoms with Gasteiger partial charge in [-0.25, -0.2) is 9.97 Å². The van der Waals surface area contributed by atoms with Gasteiger partial charge in [-0.15, -0.1) is 5.11 Å². The molecule has 0 aliphatic rings. The first-order chi connectivity index (χ1) is 18.0. The molecule has 0 spiro atoms. The first-order valence-corrected chi connectivity index (χ1v) is 14.6. The van der Waals surface area contributed by atoms with Crippen LogP contribution in [0.1, 0.15) is 72.1 Å². The van der Waals surface area contributed by atoms with Gasteiger partial charge in [0.1, 0.15) is 15.7 Å². The highest BCUT2D eigenvalue weighted by atomic mass is 15.1. The lowest BCUT2D eigenvalue weighted by Crippen LogP contribution is -2.53. The van der Waals surface area contributed by atoms with E-state index in [9.17, 15) is 0 Å². The van der Waals surface area contributed by atoms with Crippen molar-refractivity contribution < 1.29 is 0 Å². The Hall–Kier alpha value is -2.56. The third-order valence-electron chi connectivity index (χ3n) is 10.3. The summed E-state index contributed by atoms with van der Waals surface area (Å²) >= 11 is 0. The minimum absolute atomic E-state index is 0.0257. The molecule has 0 saturated carbocycles. The second kappa shape index (κ2) is 11.5. The molecule has 0 saturated heterocycles. The Bertz CT molecular complexity index is 1250. The first-order valence-electron chi connectivity index (χ1n) is 14.6. The van der Waals surface area contributed by atoms with Gasteiger partial charge in [0.2, 0.25) is 0 Å². The number of rotatable bonds is 11. The molecule has 0 bridgehead atoms. The molecule has 1 heterocycles. The molecule has 3 aromatic rings. The van der Waals surface area contributed by atoms with E-state index in [1.165, 1.54) is 5.56 Å². The lowest BCUT2D eigenvalue weighted by atomic mass is 9.21. The smallest absolute Gasteiger partial charge is 0.174 e. The normalized spacial score (nSPS) is 13.7. The maximum Gasteiger partial charge on any atom is 0.174 e. The van der Waals surface area contributed by atoms with Gasteiger partial charge < -0.3 is 10.6 Å². The lowest BCUT2D eigenvalue weighted by molar-refractivity contribution is 0.219. The highest BCUT2D eigenvalue weighted by Gasteiger charge is 2.53. The van der Waals surface area contributed by atoms with Crippen molar-refractivity contribution in [3.05, 3.63) is 72.1 Å². The fourth-order valence-corrected chi connectivity index (χ4v) is 5.68. The fraction of sp³-hybridized carbons (Fsp3) is 0.467. The molecule has 0 radical (unpaired) electrons. The van der Waals surface area contributed by atoms with Gasteiger partial charge in [0.15, 0.2) is 11.6 Å². The molecular weight excluding hydrogens is 470 g/mol. The molecule has 1 aromatic heterocycles. The van der Waals surface area contributed by atoms with Crippen molar-refractivity contribution in [2.24, 2.45) is 11.3 Å². The molecule has 4 nitrogen and oxygen atoms in total. The van der Waals surface area contributed by atoms with Crippen molar-refractivity contribution in [1.82, 2.24) is 9.97 Å². The van der Waals surface area contributed by atoms with Crippen LogP contribution in [0.15, 0.2) is 60.8 Å². The van der Waals surface area contributed by atoms with E-state index in [0.29, 0.717) is 11.8 Å². The van der Waals surface area contributed by atoms with Crippen molar-refractivity contribution >= 4 is 62.2 Å². The van der Waals surface area contributed by atoms with Crippen molar-refractivity contribution in [2.75, 3.05) is 10.6 Å². The van der Waals surface area contributed by atoms with Crippen molar-refractivity contribution in [3.63, 3.8) is 0 Å². The predicted octanol–water partition coefficient (Wildman–Crippen LogP) is 3.77. The zero-order chi connectivity index (χ0) is 29.2. The third-order valence-corrected chi connectivity index (χ3v) is 10.3. The fourth-order valence-electron chi connectivity index (χ4n) is 5.68. The van der Waals surface area contributed by atoms with E-state index >= 15 is 0 Å². The number of nitrogens with zero attached hydrogens (tertiary/aromatic N) is 2. The second-order valence-corrected chi connectivity index (χ2v) is 14.0. The molecule has 2 N–H and O–H groups in total. The Balaban J connectivity index is 2.16. The zero-order valence-electron chi connectivity index (χ0n) is 26.5. The average molecular weight is 518 g/mol. The molecule has 0 aliphatic heterocycles. The molecule has 3 rings (SSSR count). The number of anilines is 4. The number of aromatic nitrogens is 2. The Morgan fingerprint density at radius 2 is 1.38 bits per heavy atom. The Morgan fingerprint density at radius 3 is 1.95 bits per heavy atom. The number of hydrogen-bond donors (Lipinski definition) is 2. The quantitative estimate of drug-likeness (QED) is 0.380. The van der Waals surface area contributed by atoms with Crippen LogP contribution in [0.4, 0.5) is 23.0 Å². The summed E-state index contributed by atoms with van der Waals surface area (Å²) < 4.78 is 0. The van der Waals surface area contributed by atoms with E-state index in [4.69, 9.17) is 9.97 Å². The highest BCUT2D eigenvalue weighted by molar-refractivity contribution is 6.60. The molecule has 2 aromatic carbocycles. The maximum absolute atomic E-state index is 5.33. The first kappa shape index (κ1) is 31.0. The van der Waals surface area contributed by atoms with Gasteiger partial charge in [0, 0.05) is 16.8 Å². The third kappa shape index (κ3) is 6.13. The van der Waals surface area contributed by atoms with Crippen LogP contribution < -0.4 is 10.6 Å². The van der Waals surface area contributed by atoms with Crippen LogP contribution in [0.25, 0.3) is 0 Å². The highest BCUT2D eigenvalue weighted by Crippen LogP contribution is 2.60. The Kier molecular flexibility index (Phi) is 9.14. The molecule has 0 aliphatic carbocycles. The summed E-state index contributed by atoms with van der Waals surface area (Å²) in [5, 5.41) is 7.27. The average Bonchev–Trinajstić information content (AvgIpc) is 2.86. The zero-order valence-corrected chi connectivity index (χ0v) is 26.5. The predicted molar refractivity (Wildman–Crippen MR) is 184 cm³/mol. The molecule has 0 fully saturated rings. The van der Waals surface area contributed by atoms with E-state index in [1.807, 2.05) is 24.4 Å². The van der Waals surface area contributed by atoms with Crippen molar-refractivity contribution in [2.45, 2.75) is 76.5 Å². The van der Waals surface area contributed by atoms with E-state index in [2.05, 4.69) is 135 Å². The SMILES string of the molecule is BC(B)(B)C(C)(C)C(B)(B)C(C)(C)c1cnc(Nc2ccccc2)c(Nc2ccccc2C(CC)C(C)C)n1. The summed E-state index contributed by atoms with van der Waals surface area (Å²) in [6.45, 7) is 16.3. The van der Waals surface area contributed by atoms with Crippen LogP contribution in [-0.2, 0) is 5.41 Å². The molecular formula is C30H47B5N4. The van der Waals surface area contributed by atoms with Crippen molar-refractivity contribution in [3.8, 4) is 0 Å². The van der Waals surface area contributed by atoms with E-state index in [0.717, 1.165) is 35.1 Å². The molecule has 202 valence electrons. The van der Waals surface area contributed by atoms with E-state index < -0.39 is 0 Å². The van der Waals surface area contributed by atoms with Gasteiger partial charge in [0.05, 0.1) is 35.4 Å². The molecule has 1 atom stereocenters. The summed E-state index contributed by atoms with van der Waals surface area (Å²) in [5.41, 5.74) is 4.16. The van der Waals surface area contributed by atoms with E-state index in [-0.39, 0.29) is 21.2 Å². The minimum Gasteiger partial charge on any atom is -0.337 e. The van der Waals surface area contributed by atoms with Gasteiger partial charge >= 0.3 is 0 Å². The molecule has 1 unspecified atom stereocenters. The summed E-state index contributed by atoms with van der Waals surface area (Å²) in [4.78, 5) is 10.3. The number of para-hydroxylation sites is 2. The lowest BCUT2D eigenvalue weighted by Gasteiger charge is -2.58. The number of nitrogens with one attached hydrogen (secondary N) is 2. The molecule has 0 amide bonds. The summed E-state index contributed by atoms with van der Waals surface area (Å²) in [7, 11) is 11.8. The molecule has 39 heavy (non-hydrogen) atoms. The van der Waals surface area contributed by atoms with Gasteiger partial charge in [-0.2, -0.15) is 0 Å². The van der Waals surface area contributed by atoms with E-state index in [1.54, 1.807) is 0 Å². The van der Waals surface area contributed by atoms with Gasteiger partial charge in [-0.1, -0.05) is 95.5 Å². The Morgan fingerprint density at radius 1 is 0.795 bits per heavy atom. The Labute approximate surface area is 242 Å². The summed E-state index contributed by atoms with van der Waals surface area (Å²) in [6.07, 6.45) is 3.05. The summed E-state index contributed by atoms with van der Waals surface area (Å²) in [6, 6.07) is 18.8. The van der Waals surface area contributed by atoms with Crippen LogP contribution in [0.2, 0.25) is 10.3 Å². The van der Waals surface area contributed by atoms with Gasteiger partial charge in [-0.05, 0) is 42.0 Å². The van der Waals surface area contributed by atoms with Gasteiger partial charge in [-0.3, -0.25) is 0 Å². The second-order valence-electron chi connectivity index (χ2n) is 14.0. The van der Waals surface area contributed by atoms with Crippen LogP contribution in [0.5, 0.6) is 0 Å². The number of hydrogen-bond acceptors (Lipinski definition) is 4. The summed E-state index contributed by atoms with van der Waals surface area (Å²) in [5.74, 6) is 2.47. The molecule has 9 heteroatoms. The van der Waals surface area contributed by atoms with Crippen LogP contribution >= 0.6 is 0 Å². The van der Waals surface area contributed by atoms with Crippen LogP contribution in [-0.4, -0.2) is 49.2 Å². The monoisotopic (exact) mass is 518 g/mol. The van der Waals surface area contributed by atoms with Crippen LogP contribution in [0.3, 0.4) is 0 Å². The van der Waals surface area contributed by atoms with Crippen LogP contribution in [0, 0.1) is 11.3 Å². The largest absolute Gasteiger partial charge is 0.337 e. The number of benzene rings is 2. The standard InChI is InChI=1S/C30H47B5N4/c1-8-21(19(2)3)22-16-12-13-17-23(22)38-26-25(37-20-14-10-9-11-15-20)36-18-24(39-26)27(4,5)29(31,32)28(6,7)30(33,34)35/h9-19,21H,8,31-35H2,1-7H3,(H,36,37)(H,38,39). The minimum atomic E-state index is -0.248. The maximum atomic E-state index is 5.33. The van der Waals surface area contributed by atoms with Crippen molar-refractivity contribution in [1.29, 1.82) is 0 Å². The topological polar surface area (TPSA) is 49.8 Å². The van der Waals surface area contributed by atoms with Gasteiger partial charge in [0.25, 0.3) is 0 Å².